The van der Waals surface area contributed by atoms with E-state index >= 15 is 0 Å². The Hall–Kier alpha value is -0.120. The summed E-state index contributed by atoms with van der Waals surface area (Å²) in [6.45, 7) is 7.99. The van der Waals surface area contributed by atoms with Crippen LogP contribution in [0.1, 0.15) is 39.0 Å². The van der Waals surface area contributed by atoms with E-state index in [1.807, 2.05) is 7.11 Å². The Kier molecular flexibility index (Phi) is 5.93. The first-order valence-corrected chi connectivity index (χ1v) is 7.76. The lowest BCUT2D eigenvalue weighted by molar-refractivity contribution is 0.133. The number of rotatable bonds is 11. The molecule has 0 aromatic heterocycles. The largest absolute Gasteiger partial charge is 0.383 e. The van der Waals surface area contributed by atoms with Gasteiger partial charge in [0, 0.05) is 32.8 Å². The number of hydrogen-bond acceptors (Lipinski definition) is 3. The zero-order valence-electron chi connectivity index (χ0n) is 12.2. The molecule has 106 valence electrons. The number of nitrogens with one attached hydrogen (secondary N) is 1. The SMILES string of the molecule is CCCNC(COC)CN(CC1CC1)CC1CC1. The molecule has 2 aliphatic rings. The summed E-state index contributed by atoms with van der Waals surface area (Å²) in [5.74, 6) is 2.00. The monoisotopic (exact) mass is 254 g/mol. The van der Waals surface area contributed by atoms with Crippen molar-refractivity contribution in [3.8, 4) is 0 Å². The highest BCUT2D eigenvalue weighted by molar-refractivity contribution is 4.84. The van der Waals surface area contributed by atoms with Crippen LogP contribution in [0.2, 0.25) is 0 Å². The second-order valence-electron chi connectivity index (χ2n) is 6.21. The van der Waals surface area contributed by atoms with Crippen LogP contribution in [0.25, 0.3) is 0 Å². The van der Waals surface area contributed by atoms with E-state index in [9.17, 15) is 0 Å². The molecule has 0 amide bonds. The molecule has 1 unspecified atom stereocenters. The number of nitrogens with zero attached hydrogens (tertiary/aromatic N) is 1. The zero-order valence-corrected chi connectivity index (χ0v) is 12.2. The Morgan fingerprint density at radius 3 is 2.22 bits per heavy atom. The molecule has 0 aliphatic heterocycles. The van der Waals surface area contributed by atoms with Crippen LogP contribution >= 0.6 is 0 Å². The van der Waals surface area contributed by atoms with Crippen molar-refractivity contribution in [2.45, 2.75) is 45.1 Å². The third-order valence-corrected chi connectivity index (χ3v) is 3.96. The lowest BCUT2D eigenvalue weighted by Gasteiger charge is -2.28. The smallest absolute Gasteiger partial charge is 0.0628 e. The van der Waals surface area contributed by atoms with Gasteiger partial charge >= 0.3 is 0 Å². The fourth-order valence-electron chi connectivity index (χ4n) is 2.59. The highest BCUT2D eigenvalue weighted by atomic mass is 16.5. The molecule has 1 atom stereocenters. The molecule has 3 nitrogen and oxygen atoms in total. The standard InChI is InChI=1S/C15H30N2O/c1-3-8-16-15(12-18-2)11-17(9-13-4-5-13)10-14-6-7-14/h13-16H,3-12H2,1-2H3. The Morgan fingerprint density at radius 1 is 1.17 bits per heavy atom. The summed E-state index contributed by atoms with van der Waals surface area (Å²) in [5, 5.41) is 3.62. The maximum atomic E-state index is 5.35. The second-order valence-corrected chi connectivity index (χ2v) is 6.21. The van der Waals surface area contributed by atoms with Crippen molar-refractivity contribution in [2.75, 3.05) is 39.9 Å². The van der Waals surface area contributed by atoms with Gasteiger partial charge in [-0.25, -0.2) is 0 Å². The van der Waals surface area contributed by atoms with E-state index in [2.05, 4.69) is 17.1 Å². The van der Waals surface area contributed by atoms with Crippen LogP contribution in [0.4, 0.5) is 0 Å². The van der Waals surface area contributed by atoms with Crippen molar-refractivity contribution in [3.63, 3.8) is 0 Å². The average Bonchev–Trinajstić information content (AvgIpc) is 3.22. The van der Waals surface area contributed by atoms with Gasteiger partial charge in [-0.15, -0.1) is 0 Å². The predicted octanol–water partition coefficient (Wildman–Crippen LogP) is 2.12. The van der Waals surface area contributed by atoms with Crippen LogP contribution < -0.4 is 5.32 Å². The summed E-state index contributed by atoms with van der Waals surface area (Å²) in [6.07, 6.45) is 7.03. The third kappa shape index (κ3) is 5.68. The van der Waals surface area contributed by atoms with Crippen LogP contribution in [0.3, 0.4) is 0 Å². The molecule has 0 aromatic carbocycles. The fraction of sp³-hybridized carbons (Fsp3) is 1.00. The van der Waals surface area contributed by atoms with E-state index in [1.54, 1.807) is 0 Å². The van der Waals surface area contributed by atoms with Crippen LogP contribution in [0.15, 0.2) is 0 Å². The molecule has 18 heavy (non-hydrogen) atoms. The van der Waals surface area contributed by atoms with Gasteiger partial charge in [-0.3, -0.25) is 0 Å². The minimum absolute atomic E-state index is 0.507. The maximum absolute atomic E-state index is 5.35. The summed E-state index contributed by atoms with van der Waals surface area (Å²) < 4.78 is 5.35. The molecular formula is C15H30N2O. The molecule has 3 heteroatoms. The normalized spacial score (nSPS) is 21.5. The highest BCUT2D eigenvalue weighted by Crippen LogP contribution is 2.33. The Morgan fingerprint density at radius 2 is 1.78 bits per heavy atom. The van der Waals surface area contributed by atoms with Crippen molar-refractivity contribution in [1.29, 1.82) is 0 Å². The number of hydrogen-bond donors (Lipinski definition) is 1. The van der Waals surface area contributed by atoms with Crippen molar-refractivity contribution >= 4 is 0 Å². The van der Waals surface area contributed by atoms with E-state index in [0.29, 0.717) is 6.04 Å². The summed E-state index contributed by atoms with van der Waals surface area (Å²) in [7, 11) is 1.81. The molecular weight excluding hydrogens is 224 g/mol. The summed E-state index contributed by atoms with van der Waals surface area (Å²) >= 11 is 0. The van der Waals surface area contributed by atoms with Crippen molar-refractivity contribution in [1.82, 2.24) is 10.2 Å². The molecule has 2 aliphatic carbocycles. The van der Waals surface area contributed by atoms with Crippen LogP contribution in [-0.2, 0) is 4.74 Å². The number of ether oxygens (including phenoxy) is 1. The maximum Gasteiger partial charge on any atom is 0.0628 e. The van der Waals surface area contributed by atoms with Gasteiger partial charge in [-0.2, -0.15) is 0 Å². The van der Waals surface area contributed by atoms with E-state index < -0.39 is 0 Å². The summed E-state index contributed by atoms with van der Waals surface area (Å²) in [5.41, 5.74) is 0. The Bertz CT molecular complexity index is 213. The van der Waals surface area contributed by atoms with E-state index in [-0.39, 0.29) is 0 Å². The third-order valence-electron chi connectivity index (χ3n) is 3.96. The molecule has 0 spiro atoms. The molecule has 1 N–H and O–H groups in total. The van der Waals surface area contributed by atoms with Gasteiger partial charge in [0.1, 0.15) is 0 Å². The van der Waals surface area contributed by atoms with Crippen molar-refractivity contribution in [3.05, 3.63) is 0 Å². The quantitative estimate of drug-likeness (QED) is 0.611. The summed E-state index contributed by atoms with van der Waals surface area (Å²) in [4.78, 5) is 2.70. The van der Waals surface area contributed by atoms with Crippen LogP contribution in [0, 0.1) is 11.8 Å². The molecule has 0 radical (unpaired) electrons. The second kappa shape index (κ2) is 7.46. The molecule has 0 saturated heterocycles. The fourth-order valence-corrected chi connectivity index (χ4v) is 2.59. The zero-order chi connectivity index (χ0) is 12.8. The van der Waals surface area contributed by atoms with E-state index in [0.717, 1.165) is 25.0 Å². The predicted molar refractivity (Wildman–Crippen MR) is 75.8 cm³/mol. The number of methoxy groups -OCH3 is 1. The minimum atomic E-state index is 0.507. The van der Waals surface area contributed by atoms with Crippen molar-refractivity contribution in [2.24, 2.45) is 11.8 Å². The average molecular weight is 254 g/mol. The van der Waals surface area contributed by atoms with Crippen molar-refractivity contribution < 1.29 is 4.74 Å². The first-order chi connectivity index (χ1) is 8.81. The summed E-state index contributed by atoms with van der Waals surface area (Å²) in [6, 6.07) is 0.507. The molecule has 2 saturated carbocycles. The molecule has 0 aromatic rings. The van der Waals surface area contributed by atoms with Gasteiger partial charge in [0.25, 0.3) is 0 Å². The van der Waals surface area contributed by atoms with Gasteiger partial charge in [0.15, 0.2) is 0 Å². The van der Waals surface area contributed by atoms with Gasteiger partial charge < -0.3 is 15.0 Å². The topological polar surface area (TPSA) is 24.5 Å². The van der Waals surface area contributed by atoms with Gasteiger partial charge in [0.2, 0.25) is 0 Å². The van der Waals surface area contributed by atoms with E-state index in [4.69, 9.17) is 4.74 Å². The molecule has 0 heterocycles. The Balaban J connectivity index is 1.74. The van der Waals surface area contributed by atoms with Gasteiger partial charge in [-0.05, 0) is 50.5 Å². The van der Waals surface area contributed by atoms with E-state index in [1.165, 1.54) is 51.7 Å². The lowest BCUT2D eigenvalue weighted by Crippen LogP contribution is -2.45. The molecule has 2 rings (SSSR count). The Labute approximate surface area is 112 Å². The van der Waals surface area contributed by atoms with Crippen LogP contribution in [0.5, 0.6) is 0 Å². The van der Waals surface area contributed by atoms with Crippen LogP contribution in [-0.4, -0.2) is 50.8 Å². The van der Waals surface area contributed by atoms with Gasteiger partial charge in [0.05, 0.1) is 6.61 Å². The molecule has 0 bridgehead atoms. The minimum Gasteiger partial charge on any atom is -0.383 e. The lowest BCUT2D eigenvalue weighted by atomic mass is 10.2. The highest BCUT2D eigenvalue weighted by Gasteiger charge is 2.30. The first-order valence-electron chi connectivity index (χ1n) is 7.76. The molecule has 2 fully saturated rings. The first kappa shape index (κ1) is 14.3. The van der Waals surface area contributed by atoms with Gasteiger partial charge in [-0.1, -0.05) is 6.92 Å².